The van der Waals surface area contributed by atoms with E-state index in [1.54, 1.807) is 6.92 Å². The van der Waals surface area contributed by atoms with Gasteiger partial charge in [0.15, 0.2) is 0 Å². The molecule has 0 saturated heterocycles. The lowest BCUT2D eigenvalue weighted by Crippen LogP contribution is -2.29. The molecule has 0 aliphatic heterocycles. The summed E-state index contributed by atoms with van der Waals surface area (Å²) in [5.74, 6) is 0.0593. The Kier molecular flexibility index (Phi) is 8.40. The molecule has 2 rings (SSSR count). The molecule has 172 valence electrons. The molecule has 1 aromatic carbocycles. The molecule has 1 atom stereocenters. The fourth-order valence-electron chi connectivity index (χ4n) is 3.22. The molecule has 6 nitrogen and oxygen atoms in total. The molecule has 0 bridgehead atoms. The second-order valence-corrected chi connectivity index (χ2v) is 7.82. The maximum absolute atomic E-state index is 12.9. The van der Waals surface area contributed by atoms with Crippen LogP contribution in [0.25, 0.3) is 5.82 Å². The van der Waals surface area contributed by atoms with Crippen LogP contribution in [0.15, 0.2) is 54.3 Å². The molecular formula is C23H28F3N5O. The van der Waals surface area contributed by atoms with Crippen molar-refractivity contribution in [1.82, 2.24) is 15.1 Å². The van der Waals surface area contributed by atoms with E-state index in [1.165, 1.54) is 41.5 Å². The monoisotopic (exact) mass is 447 g/mol. The Morgan fingerprint density at radius 2 is 1.97 bits per heavy atom. The second-order valence-electron chi connectivity index (χ2n) is 7.82. The van der Waals surface area contributed by atoms with Crippen LogP contribution in [0.2, 0.25) is 0 Å². The zero-order valence-corrected chi connectivity index (χ0v) is 18.4. The number of carbonyl (C=O) groups is 1. The predicted octanol–water partition coefficient (Wildman–Crippen LogP) is 4.74. The Balaban J connectivity index is 2.15. The van der Waals surface area contributed by atoms with E-state index in [-0.39, 0.29) is 24.2 Å². The normalized spacial score (nSPS) is 13.5. The maximum Gasteiger partial charge on any atom is 0.416 e. The van der Waals surface area contributed by atoms with E-state index in [1.807, 2.05) is 13.8 Å². The first-order chi connectivity index (χ1) is 15.0. The van der Waals surface area contributed by atoms with E-state index in [2.05, 4.69) is 22.0 Å². The number of nitrogens with one attached hydrogen (secondary N) is 1. The summed E-state index contributed by atoms with van der Waals surface area (Å²) in [7, 11) is 0. The molecule has 0 saturated carbocycles. The first-order valence-corrected chi connectivity index (χ1v) is 10.1. The number of alkyl halides is 3. The summed E-state index contributed by atoms with van der Waals surface area (Å²) in [6.45, 7) is 9.53. The van der Waals surface area contributed by atoms with Gasteiger partial charge in [-0.05, 0) is 37.0 Å². The number of carbonyl (C=O) groups excluding carboxylic acids is 1. The third kappa shape index (κ3) is 6.83. The molecule has 1 amide bonds. The van der Waals surface area contributed by atoms with Crippen LogP contribution in [0.3, 0.4) is 0 Å². The number of hydrogen-bond acceptors (Lipinski definition) is 4. The summed E-state index contributed by atoms with van der Waals surface area (Å²) >= 11 is 0. The fraction of sp³-hybridized carbons (Fsp3) is 0.348. The van der Waals surface area contributed by atoms with Gasteiger partial charge in [-0.1, -0.05) is 38.6 Å². The predicted molar refractivity (Wildman–Crippen MR) is 120 cm³/mol. The molecule has 1 unspecified atom stereocenters. The number of amides is 1. The van der Waals surface area contributed by atoms with Crippen molar-refractivity contribution < 1.29 is 18.0 Å². The Morgan fingerprint density at radius 1 is 1.31 bits per heavy atom. The molecule has 0 spiro atoms. The summed E-state index contributed by atoms with van der Waals surface area (Å²) in [5, 5.41) is 7.11. The maximum atomic E-state index is 12.9. The average Bonchev–Trinajstić information content (AvgIpc) is 3.12. The van der Waals surface area contributed by atoms with Crippen LogP contribution in [0, 0.1) is 12.8 Å². The molecule has 32 heavy (non-hydrogen) atoms. The fourth-order valence-corrected chi connectivity index (χ4v) is 3.22. The van der Waals surface area contributed by atoms with Gasteiger partial charge < -0.3 is 11.1 Å². The first-order valence-electron chi connectivity index (χ1n) is 10.1. The minimum Gasteiger partial charge on any atom is -0.382 e. The van der Waals surface area contributed by atoms with E-state index in [0.29, 0.717) is 23.6 Å². The lowest BCUT2D eigenvalue weighted by atomic mass is 9.89. The SMILES string of the molecule is C=C/C=N\C=C(/N)n1cc(C(=O)NCC(CC(C)C)c2ccc(C(F)(F)F)cc2)c(C)n1. The van der Waals surface area contributed by atoms with E-state index >= 15 is 0 Å². The van der Waals surface area contributed by atoms with Gasteiger partial charge in [-0.2, -0.15) is 18.3 Å². The van der Waals surface area contributed by atoms with Crippen LogP contribution in [-0.2, 0) is 6.18 Å². The Morgan fingerprint density at radius 3 is 2.53 bits per heavy atom. The van der Waals surface area contributed by atoms with Gasteiger partial charge in [-0.3, -0.25) is 9.79 Å². The number of halogens is 3. The van der Waals surface area contributed by atoms with Crippen molar-refractivity contribution in [2.75, 3.05) is 6.54 Å². The van der Waals surface area contributed by atoms with Gasteiger partial charge in [-0.15, -0.1) is 0 Å². The molecule has 3 N–H and O–H groups in total. The number of benzene rings is 1. The van der Waals surface area contributed by atoms with Crippen LogP contribution in [0.1, 0.15) is 53.4 Å². The number of nitrogens with zero attached hydrogens (tertiary/aromatic N) is 3. The second kappa shape index (κ2) is 10.8. The largest absolute Gasteiger partial charge is 0.416 e. The highest BCUT2D eigenvalue weighted by atomic mass is 19.4. The van der Waals surface area contributed by atoms with Crippen molar-refractivity contribution in [3.05, 3.63) is 71.7 Å². The van der Waals surface area contributed by atoms with E-state index < -0.39 is 11.7 Å². The number of aliphatic imine (C=N–C) groups is 1. The minimum absolute atomic E-state index is 0.130. The number of allylic oxidation sites excluding steroid dienone is 1. The van der Waals surface area contributed by atoms with E-state index in [9.17, 15) is 18.0 Å². The van der Waals surface area contributed by atoms with Crippen molar-refractivity contribution in [2.45, 2.75) is 39.3 Å². The summed E-state index contributed by atoms with van der Waals surface area (Å²) < 4.78 is 40.0. The summed E-state index contributed by atoms with van der Waals surface area (Å²) in [6, 6.07) is 5.09. The lowest BCUT2D eigenvalue weighted by molar-refractivity contribution is -0.137. The van der Waals surface area contributed by atoms with Crippen LogP contribution in [0.4, 0.5) is 13.2 Å². The number of aromatic nitrogens is 2. The summed E-state index contributed by atoms with van der Waals surface area (Å²) in [5.41, 5.74) is 6.80. The highest BCUT2D eigenvalue weighted by Crippen LogP contribution is 2.31. The topological polar surface area (TPSA) is 85.3 Å². The van der Waals surface area contributed by atoms with Crippen LogP contribution >= 0.6 is 0 Å². The Bertz CT molecular complexity index is 988. The minimum atomic E-state index is -4.38. The molecular weight excluding hydrogens is 419 g/mol. The zero-order valence-electron chi connectivity index (χ0n) is 18.4. The quantitative estimate of drug-likeness (QED) is 0.545. The van der Waals surface area contributed by atoms with Gasteiger partial charge in [0, 0.05) is 24.9 Å². The zero-order chi connectivity index (χ0) is 23.9. The molecule has 2 aromatic rings. The highest BCUT2D eigenvalue weighted by Gasteiger charge is 2.30. The molecule has 9 heteroatoms. The lowest BCUT2D eigenvalue weighted by Gasteiger charge is -2.21. The van der Waals surface area contributed by atoms with Crippen molar-refractivity contribution in [2.24, 2.45) is 16.6 Å². The van der Waals surface area contributed by atoms with Crippen molar-refractivity contribution >= 4 is 17.9 Å². The van der Waals surface area contributed by atoms with Crippen LogP contribution in [-0.4, -0.2) is 28.4 Å². The third-order valence-corrected chi connectivity index (χ3v) is 4.78. The van der Waals surface area contributed by atoms with Gasteiger partial charge in [0.05, 0.1) is 23.0 Å². The van der Waals surface area contributed by atoms with Gasteiger partial charge >= 0.3 is 6.18 Å². The molecule has 1 heterocycles. The molecule has 0 aliphatic rings. The van der Waals surface area contributed by atoms with Crippen molar-refractivity contribution in [3.63, 3.8) is 0 Å². The summed E-state index contributed by atoms with van der Waals surface area (Å²) in [6.07, 6.45) is 2.19. The van der Waals surface area contributed by atoms with Crippen LogP contribution in [0.5, 0.6) is 0 Å². The van der Waals surface area contributed by atoms with Gasteiger partial charge in [0.25, 0.3) is 5.91 Å². The van der Waals surface area contributed by atoms with E-state index in [4.69, 9.17) is 5.73 Å². The van der Waals surface area contributed by atoms with E-state index in [0.717, 1.165) is 17.7 Å². The number of rotatable bonds is 9. The third-order valence-electron chi connectivity index (χ3n) is 4.78. The average molecular weight is 448 g/mol. The molecule has 0 fully saturated rings. The van der Waals surface area contributed by atoms with Gasteiger partial charge in [0.2, 0.25) is 0 Å². The number of hydrogen-bond donors (Lipinski definition) is 2. The van der Waals surface area contributed by atoms with Crippen molar-refractivity contribution in [1.29, 1.82) is 0 Å². The van der Waals surface area contributed by atoms with Crippen molar-refractivity contribution in [3.8, 4) is 0 Å². The first kappa shape index (κ1) is 24.9. The van der Waals surface area contributed by atoms with Crippen LogP contribution < -0.4 is 11.1 Å². The highest BCUT2D eigenvalue weighted by molar-refractivity contribution is 5.95. The Labute approximate surface area is 185 Å². The smallest absolute Gasteiger partial charge is 0.382 e. The molecule has 0 aliphatic carbocycles. The van der Waals surface area contributed by atoms with Gasteiger partial charge in [0.1, 0.15) is 5.82 Å². The standard InChI is InChI=1S/C23H28F3N5O/c1-5-10-28-13-21(27)31-14-20(16(4)30-31)22(32)29-12-18(11-15(2)3)17-6-8-19(9-7-17)23(24,25)26/h5-10,13-15,18H,1,11-12,27H2,2-4H3,(H,29,32)/b21-13+,28-10-. The summed E-state index contributed by atoms with van der Waals surface area (Å²) in [4.78, 5) is 16.7. The Hall–Kier alpha value is -3.36. The molecule has 1 aromatic heterocycles. The van der Waals surface area contributed by atoms with Gasteiger partial charge in [-0.25, -0.2) is 4.68 Å². The number of aryl methyl sites for hydroxylation is 1. The number of nitrogens with two attached hydrogens (primary N) is 1. The molecule has 0 radical (unpaired) electrons.